The van der Waals surface area contributed by atoms with Crippen molar-refractivity contribution in [3.8, 4) is 17.2 Å². The van der Waals surface area contributed by atoms with E-state index in [1.165, 1.54) is 0 Å². The minimum atomic E-state index is 0.178. The number of aromatic amines is 1. The number of rotatable bonds is 7. The van der Waals surface area contributed by atoms with Crippen molar-refractivity contribution in [1.29, 1.82) is 0 Å². The zero-order chi connectivity index (χ0) is 16.1. The van der Waals surface area contributed by atoms with Crippen LogP contribution in [0.1, 0.15) is 30.5 Å². The standard InChI is InChI=1S/C15H20ClN3O3/c1-5-9(6-10-8-17-19-18-10)11-7-12(16)14(21-3)15(22-4)13(11)20-2/h7-9H,5-6H2,1-4H3,(H,17,18,19). The molecule has 1 atom stereocenters. The zero-order valence-electron chi connectivity index (χ0n) is 13.1. The minimum Gasteiger partial charge on any atom is -0.492 e. The molecule has 0 radical (unpaired) electrons. The first-order chi connectivity index (χ1) is 10.7. The van der Waals surface area contributed by atoms with E-state index in [2.05, 4.69) is 22.3 Å². The Labute approximate surface area is 134 Å². The SMILES string of the molecule is CCC(Cc1cn[nH]n1)c1cc(Cl)c(OC)c(OC)c1OC. The maximum atomic E-state index is 6.33. The predicted molar refractivity (Wildman–Crippen MR) is 84.2 cm³/mol. The first kappa shape index (κ1) is 16.4. The number of benzene rings is 1. The summed E-state index contributed by atoms with van der Waals surface area (Å²) in [5, 5.41) is 11.1. The summed E-state index contributed by atoms with van der Waals surface area (Å²) in [6, 6.07) is 1.87. The number of ether oxygens (including phenoxy) is 3. The summed E-state index contributed by atoms with van der Waals surface area (Å²) in [5.74, 6) is 1.80. The molecule has 0 saturated carbocycles. The van der Waals surface area contributed by atoms with E-state index in [1.54, 1.807) is 27.5 Å². The molecular weight excluding hydrogens is 306 g/mol. The average Bonchev–Trinajstić information content (AvgIpc) is 3.04. The molecule has 0 aliphatic rings. The number of nitrogens with one attached hydrogen (secondary N) is 1. The Balaban J connectivity index is 2.49. The maximum absolute atomic E-state index is 6.33. The van der Waals surface area contributed by atoms with Crippen molar-refractivity contribution in [3.05, 3.63) is 28.5 Å². The van der Waals surface area contributed by atoms with Gasteiger partial charge < -0.3 is 14.2 Å². The summed E-state index contributed by atoms with van der Waals surface area (Å²) >= 11 is 6.33. The molecule has 0 saturated heterocycles. The van der Waals surface area contributed by atoms with Crippen molar-refractivity contribution in [3.63, 3.8) is 0 Å². The Morgan fingerprint density at radius 1 is 1.14 bits per heavy atom. The molecule has 0 fully saturated rings. The van der Waals surface area contributed by atoms with Crippen LogP contribution in [-0.2, 0) is 6.42 Å². The van der Waals surface area contributed by atoms with Gasteiger partial charge >= 0.3 is 0 Å². The molecule has 2 rings (SSSR count). The van der Waals surface area contributed by atoms with Crippen LogP contribution < -0.4 is 14.2 Å². The fraction of sp³-hybridized carbons (Fsp3) is 0.467. The van der Waals surface area contributed by atoms with Crippen LogP contribution in [-0.4, -0.2) is 36.7 Å². The van der Waals surface area contributed by atoms with Gasteiger partial charge in [0.05, 0.1) is 38.2 Å². The van der Waals surface area contributed by atoms with Crippen molar-refractivity contribution in [2.24, 2.45) is 0 Å². The first-order valence-electron chi connectivity index (χ1n) is 6.99. The van der Waals surface area contributed by atoms with Crippen LogP contribution in [0.3, 0.4) is 0 Å². The molecule has 22 heavy (non-hydrogen) atoms. The summed E-state index contributed by atoms with van der Waals surface area (Å²) in [6.07, 6.45) is 3.35. The van der Waals surface area contributed by atoms with E-state index in [0.29, 0.717) is 22.3 Å². The zero-order valence-corrected chi connectivity index (χ0v) is 13.9. The number of nitrogens with zero attached hydrogens (tertiary/aromatic N) is 2. The van der Waals surface area contributed by atoms with E-state index in [1.807, 2.05) is 6.07 Å². The van der Waals surface area contributed by atoms with E-state index < -0.39 is 0 Å². The highest BCUT2D eigenvalue weighted by Gasteiger charge is 2.25. The van der Waals surface area contributed by atoms with Gasteiger partial charge in [-0.25, -0.2) is 0 Å². The minimum absolute atomic E-state index is 0.178. The molecular formula is C15H20ClN3O3. The normalized spacial score (nSPS) is 12.0. The van der Waals surface area contributed by atoms with Gasteiger partial charge in [-0.05, 0) is 18.4 Å². The van der Waals surface area contributed by atoms with Gasteiger partial charge in [-0.3, -0.25) is 0 Å². The molecule has 1 heterocycles. The van der Waals surface area contributed by atoms with Crippen molar-refractivity contribution in [2.75, 3.05) is 21.3 Å². The van der Waals surface area contributed by atoms with Gasteiger partial charge in [0, 0.05) is 12.0 Å². The highest BCUT2D eigenvalue weighted by Crippen LogP contribution is 2.48. The summed E-state index contributed by atoms with van der Waals surface area (Å²) in [6.45, 7) is 2.11. The third kappa shape index (κ3) is 3.11. The second kappa shape index (κ2) is 7.35. The van der Waals surface area contributed by atoms with E-state index in [0.717, 1.165) is 24.1 Å². The molecule has 0 bridgehead atoms. The Hall–Kier alpha value is -1.95. The second-order valence-electron chi connectivity index (χ2n) is 4.82. The lowest BCUT2D eigenvalue weighted by molar-refractivity contribution is 0.320. The summed E-state index contributed by atoms with van der Waals surface area (Å²) < 4.78 is 16.3. The molecule has 0 spiro atoms. The number of H-pyrrole nitrogens is 1. The fourth-order valence-corrected chi connectivity index (χ4v) is 2.83. The molecule has 0 aliphatic carbocycles. The molecule has 1 aromatic heterocycles. The molecule has 6 nitrogen and oxygen atoms in total. The largest absolute Gasteiger partial charge is 0.492 e. The van der Waals surface area contributed by atoms with Crippen LogP contribution in [0.5, 0.6) is 17.2 Å². The highest BCUT2D eigenvalue weighted by atomic mass is 35.5. The third-order valence-corrected chi connectivity index (χ3v) is 3.92. The van der Waals surface area contributed by atoms with Gasteiger partial charge in [0.15, 0.2) is 11.5 Å². The number of hydrogen-bond donors (Lipinski definition) is 1. The second-order valence-corrected chi connectivity index (χ2v) is 5.23. The van der Waals surface area contributed by atoms with Crippen molar-refractivity contribution >= 4 is 11.6 Å². The first-order valence-corrected chi connectivity index (χ1v) is 7.36. The fourth-order valence-electron chi connectivity index (χ4n) is 2.55. The van der Waals surface area contributed by atoms with E-state index in [-0.39, 0.29) is 5.92 Å². The van der Waals surface area contributed by atoms with Gasteiger partial charge in [-0.2, -0.15) is 15.4 Å². The van der Waals surface area contributed by atoms with E-state index >= 15 is 0 Å². The molecule has 1 aromatic carbocycles. The Morgan fingerprint density at radius 2 is 1.82 bits per heavy atom. The topological polar surface area (TPSA) is 69.3 Å². The smallest absolute Gasteiger partial charge is 0.205 e. The molecule has 2 aromatic rings. The van der Waals surface area contributed by atoms with Crippen molar-refractivity contribution in [2.45, 2.75) is 25.7 Å². The molecule has 0 amide bonds. The molecule has 0 aliphatic heterocycles. The number of methoxy groups -OCH3 is 3. The van der Waals surface area contributed by atoms with Gasteiger partial charge in [-0.15, -0.1) is 0 Å². The van der Waals surface area contributed by atoms with Crippen LogP contribution in [0.15, 0.2) is 12.3 Å². The Kier molecular flexibility index (Phi) is 5.49. The van der Waals surface area contributed by atoms with Crippen LogP contribution >= 0.6 is 11.6 Å². The quantitative estimate of drug-likeness (QED) is 0.846. The summed E-state index contributed by atoms with van der Waals surface area (Å²) in [5.41, 5.74) is 1.86. The lowest BCUT2D eigenvalue weighted by atomic mass is 9.90. The van der Waals surface area contributed by atoms with Gasteiger partial charge in [0.2, 0.25) is 5.75 Å². The average molecular weight is 326 g/mol. The van der Waals surface area contributed by atoms with Gasteiger partial charge in [0.1, 0.15) is 0 Å². The van der Waals surface area contributed by atoms with Crippen molar-refractivity contribution < 1.29 is 14.2 Å². The lowest BCUT2D eigenvalue weighted by Crippen LogP contribution is -2.07. The predicted octanol–water partition coefficient (Wildman–Crippen LogP) is 3.22. The molecule has 120 valence electrons. The number of hydrogen-bond acceptors (Lipinski definition) is 5. The summed E-state index contributed by atoms with van der Waals surface area (Å²) in [7, 11) is 4.73. The van der Waals surface area contributed by atoms with Crippen LogP contribution in [0.25, 0.3) is 0 Å². The van der Waals surface area contributed by atoms with E-state index in [4.69, 9.17) is 25.8 Å². The molecule has 7 heteroatoms. The monoisotopic (exact) mass is 325 g/mol. The lowest BCUT2D eigenvalue weighted by Gasteiger charge is -2.22. The maximum Gasteiger partial charge on any atom is 0.205 e. The third-order valence-electron chi connectivity index (χ3n) is 3.64. The van der Waals surface area contributed by atoms with E-state index in [9.17, 15) is 0 Å². The molecule has 1 N–H and O–H groups in total. The van der Waals surface area contributed by atoms with Crippen LogP contribution in [0.4, 0.5) is 0 Å². The highest BCUT2D eigenvalue weighted by molar-refractivity contribution is 6.32. The Bertz CT molecular complexity index is 617. The molecule has 1 unspecified atom stereocenters. The van der Waals surface area contributed by atoms with Gasteiger partial charge in [0.25, 0.3) is 0 Å². The summed E-state index contributed by atoms with van der Waals surface area (Å²) in [4.78, 5) is 0. The van der Waals surface area contributed by atoms with Gasteiger partial charge in [-0.1, -0.05) is 18.5 Å². The van der Waals surface area contributed by atoms with Crippen LogP contribution in [0.2, 0.25) is 5.02 Å². The van der Waals surface area contributed by atoms with Crippen LogP contribution in [0, 0.1) is 0 Å². The number of halogens is 1. The van der Waals surface area contributed by atoms with Crippen molar-refractivity contribution in [1.82, 2.24) is 15.4 Å². The Morgan fingerprint density at radius 3 is 2.32 bits per heavy atom. The number of aromatic nitrogens is 3.